The lowest BCUT2D eigenvalue weighted by atomic mass is 10.1. The Balaban J connectivity index is 2.01. The van der Waals surface area contributed by atoms with Crippen LogP contribution in [-0.4, -0.2) is 21.0 Å². The molecule has 1 N–H and O–H groups in total. The Morgan fingerprint density at radius 2 is 1.56 bits per heavy atom. The van der Waals surface area contributed by atoms with E-state index in [9.17, 15) is 4.79 Å². The Labute approximate surface area is 164 Å². The first kappa shape index (κ1) is 21.2. The van der Waals surface area contributed by atoms with Gasteiger partial charge in [0.25, 0.3) is 0 Å². The molecule has 146 valence electrons. The number of amides is 1. The van der Waals surface area contributed by atoms with Crippen LogP contribution >= 0.6 is 0 Å². The molecule has 1 amide bonds. The largest absolute Gasteiger partial charge is 0.445 e. The second kappa shape index (κ2) is 9.20. The summed E-state index contributed by atoms with van der Waals surface area (Å²) in [6, 6.07) is 19.3. The van der Waals surface area contributed by atoms with E-state index in [0.29, 0.717) is 6.61 Å². The number of ether oxygens (including phenoxy) is 1. The Bertz CT molecular complexity index is 711. The summed E-state index contributed by atoms with van der Waals surface area (Å²) in [5.41, 5.74) is 1.97. The normalized spacial score (nSPS) is 13.1. The predicted octanol–water partition coefficient (Wildman–Crippen LogP) is 5.68. The first-order chi connectivity index (χ1) is 12.7. The molecule has 0 saturated carbocycles. The van der Waals surface area contributed by atoms with Gasteiger partial charge in [-0.15, -0.1) is 0 Å². The second-order valence-electron chi connectivity index (χ2n) is 8.24. The molecule has 2 aromatic carbocycles. The summed E-state index contributed by atoms with van der Waals surface area (Å²) >= 11 is 0. The topological polar surface area (TPSA) is 47.6 Å². The smallest absolute Gasteiger partial charge is 0.408 e. The van der Waals surface area contributed by atoms with E-state index in [2.05, 4.69) is 39.2 Å². The van der Waals surface area contributed by atoms with Crippen LogP contribution in [-0.2, 0) is 15.8 Å². The van der Waals surface area contributed by atoms with Crippen molar-refractivity contribution in [3.8, 4) is 0 Å². The van der Waals surface area contributed by atoms with E-state index in [1.165, 1.54) is 0 Å². The maximum atomic E-state index is 12.3. The van der Waals surface area contributed by atoms with Gasteiger partial charge in [-0.1, -0.05) is 81.4 Å². The summed E-state index contributed by atoms with van der Waals surface area (Å²) in [5.74, 6) is 0. The molecule has 0 spiro atoms. The number of carbonyl (C=O) groups excluding carboxylic acids is 1. The maximum absolute atomic E-state index is 12.3. The van der Waals surface area contributed by atoms with Gasteiger partial charge in [-0.3, -0.25) is 0 Å². The van der Waals surface area contributed by atoms with Gasteiger partial charge in [-0.2, -0.15) is 0 Å². The number of nitrogens with one attached hydrogen (secondary N) is 1. The molecule has 0 aliphatic carbocycles. The quantitative estimate of drug-likeness (QED) is 0.624. The fourth-order valence-electron chi connectivity index (χ4n) is 2.32. The van der Waals surface area contributed by atoms with Crippen LogP contribution in [0, 0.1) is 0 Å². The van der Waals surface area contributed by atoms with Crippen LogP contribution in [0.5, 0.6) is 0 Å². The average Bonchev–Trinajstić information content (AvgIpc) is 2.64. The van der Waals surface area contributed by atoms with Crippen molar-refractivity contribution < 1.29 is 14.0 Å². The van der Waals surface area contributed by atoms with Gasteiger partial charge in [0.2, 0.25) is 0 Å². The summed E-state index contributed by atoms with van der Waals surface area (Å²) in [7, 11) is -1.91. The van der Waals surface area contributed by atoms with Gasteiger partial charge in [0.1, 0.15) is 6.61 Å². The van der Waals surface area contributed by atoms with Crippen LogP contribution in [0.3, 0.4) is 0 Å². The molecule has 0 radical (unpaired) electrons. The fourth-order valence-corrected chi connectivity index (χ4v) is 3.34. The van der Waals surface area contributed by atoms with Crippen molar-refractivity contribution in [1.82, 2.24) is 5.32 Å². The summed E-state index contributed by atoms with van der Waals surface area (Å²) in [6.45, 7) is 11.7. The fraction of sp³-hybridized carbons (Fsp3) is 0.409. The van der Waals surface area contributed by atoms with Gasteiger partial charge in [0.05, 0.1) is 12.6 Å². The van der Waals surface area contributed by atoms with Gasteiger partial charge in [-0.25, -0.2) is 4.79 Å². The highest BCUT2D eigenvalue weighted by Crippen LogP contribution is 2.37. The lowest BCUT2D eigenvalue weighted by molar-refractivity contribution is 0.130. The highest BCUT2D eigenvalue weighted by molar-refractivity contribution is 6.74. The van der Waals surface area contributed by atoms with E-state index in [-0.39, 0.29) is 17.7 Å². The van der Waals surface area contributed by atoms with Crippen LogP contribution in [0.15, 0.2) is 60.7 Å². The van der Waals surface area contributed by atoms with Crippen molar-refractivity contribution in [2.75, 3.05) is 6.61 Å². The summed E-state index contributed by atoms with van der Waals surface area (Å²) in [6.07, 6.45) is -0.438. The number of benzene rings is 2. The second-order valence-corrected chi connectivity index (χ2v) is 13.0. The van der Waals surface area contributed by atoms with Crippen molar-refractivity contribution in [3.05, 3.63) is 71.8 Å². The monoisotopic (exact) mass is 385 g/mol. The third-order valence-corrected chi connectivity index (χ3v) is 9.62. The molecule has 0 fully saturated rings. The third kappa shape index (κ3) is 6.52. The number of rotatable bonds is 7. The number of hydrogen-bond acceptors (Lipinski definition) is 3. The van der Waals surface area contributed by atoms with Crippen LogP contribution in [0.2, 0.25) is 18.1 Å². The van der Waals surface area contributed by atoms with Gasteiger partial charge < -0.3 is 14.5 Å². The van der Waals surface area contributed by atoms with E-state index < -0.39 is 14.4 Å². The Morgan fingerprint density at radius 3 is 2.11 bits per heavy atom. The molecule has 2 rings (SSSR count). The van der Waals surface area contributed by atoms with Crippen LogP contribution in [0.25, 0.3) is 0 Å². The van der Waals surface area contributed by atoms with Gasteiger partial charge in [0.15, 0.2) is 8.32 Å². The minimum atomic E-state index is -1.91. The standard InChI is InChI=1S/C22H31NO3Si/c1-22(2,3)27(4,5)26-17-20(19-14-10-7-11-15-19)23-21(24)25-16-18-12-8-6-9-13-18/h6-15,20H,16-17H2,1-5H3,(H,23,24)/t20-/m1/s1. The average molecular weight is 386 g/mol. The molecule has 5 heteroatoms. The minimum Gasteiger partial charge on any atom is -0.445 e. The summed E-state index contributed by atoms with van der Waals surface area (Å²) in [5, 5.41) is 3.08. The van der Waals surface area contributed by atoms with Crippen LogP contribution in [0.1, 0.15) is 37.9 Å². The zero-order valence-electron chi connectivity index (χ0n) is 17.0. The van der Waals surface area contributed by atoms with Gasteiger partial charge in [0, 0.05) is 0 Å². The first-order valence-corrected chi connectivity index (χ1v) is 12.3. The van der Waals surface area contributed by atoms with E-state index >= 15 is 0 Å². The Morgan fingerprint density at radius 1 is 1.00 bits per heavy atom. The van der Waals surface area contributed by atoms with Crippen molar-refractivity contribution in [3.63, 3.8) is 0 Å². The molecular formula is C22H31NO3Si. The molecule has 4 nitrogen and oxygen atoms in total. The first-order valence-electron chi connectivity index (χ1n) is 9.35. The highest BCUT2D eigenvalue weighted by Gasteiger charge is 2.37. The predicted molar refractivity (Wildman–Crippen MR) is 112 cm³/mol. The number of alkyl carbamates (subject to hydrolysis) is 1. The molecule has 0 aliphatic heterocycles. The van der Waals surface area contributed by atoms with Crippen molar-refractivity contribution in [2.24, 2.45) is 0 Å². The van der Waals surface area contributed by atoms with E-state index in [1.54, 1.807) is 0 Å². The van der Waals surface area contributed by atoms with Crippen molar-refractivity contribution >= 4 is 14.4 Å². The summed E-state index contributed by atoms with van der Waals surface area (Å²) in [4.78, 5) is 12.3. The molecule has 27 heavy (non-hydrogen) atoms. The number of hydrogen-bond donors (Lipinski definition) is 1. The molecule has 0 unspecified atom stereocenters. The molecule has 0 bridgehead atoms. The zero-order chi connectivity index (χ0) is 19.9. The molecule has 1 atom stereocenters. The molecule has 2 aromatic rings. The van der Waals surface area contributed by atoms with Crippen LogP contribution < -0.4 is 5.32 Å². The van der Waals surface area contributed by atoms with Crippen LogP contribution in [0.4, 0.5) is 4.79 Å². The molecular weight excluding hydrogens is 354 g/mol. The minimum absolute atomic E-state index is 0.113. The van der Waals surface area contributed by atoms with E-state index in [1.807, 2.05) is 60.7 Å². The van der Waals surface area contributed by atoms with E-state index in [0.717, 1.165) is 11.1 Å². The van der Waals surface area contributed by atoms with Crippen molar-refractivity contribution in [2.45, 2.75) is 51.6 Å². The van der Waals surface area contributed by atoms with Gasteiger partial charge in [-0.05, 0) is 29.3 Å². The SMILES string of the molecule is CC(C)(C)[Si](C)(C)OC[C@@H](NC(=O)OCc1ccccc1)c1ccccc1. The van der Waals surface area contributed by atoms with E-state index in [4.69, 9.17) is 9.16 Å². The highest BCUT2D eigenvalue weighted by atomic mass is 28.4. The lowest BCUT2D eigenvalue weighted by Gasteiger charge is -2.37. The van der Waals surface area contributed by atoms with Crippen molar-refractivity contribution in [1.29, 1.82) is 0 Å². The van der Waals surface area contributed by atoms with Gasteiger partial charge >= 0.3 is 6.09 Å². The molecule has 0 aliphatic rings. The molecule has 0 aromatic heterocycles. The molecule has 0 saturated heterocycles. The Kier molecular flexibility index (Phi) is 7.22. The Hall–Kier alpha value is -2.11. The lowest BCUT2D eigenvalue weighted by Crippen LogP contribution is -2.43. The summed E-state index contributed by atoms with van der Waals surface area (Å²) < 4.78 is 11.7. The molecule has 0 heterocycles. The zero-order valence-corrected chi connectivity index (χ0v) is 18.0. The maximum Gasteiger partial charge on any atom is 0.408 e. The number of carbonyl (C=O) groups is 1. The third-order valence-electron chi connectivity index (χ3n) is 5.12.